The number of nitrogens with zero attached hydrogens (tertiary/aromatic N) is 3. The van der Waals surface area contributed by atoms with Crippen LogP contribution in [0.5, 0.6) is 0 Å². The SMILES string of the molecule is CCCNc1cccc(C(=O)N2CCOC(C#N)C2)n1. The topological polar surface area (TPSA) is 78.3 Å². The van der Waals surface area contributed by atoms with Crippen LogP contribution in [0.4, 0.5) is 5.82 Å². The average Bonchev–Trinajstić information content (AvgIpc) is 2.52. The Morgan fingerprint density at radius 2 is 2.50 bits per heavy atom. The van der Waals surface area contributed by atoms with E-state index in [4.69, 9.17) is 10.00 Å². The molecule has 6 heteroatoms. The van der Waals surface area contributed by atoms with Gasteiger partial charge >= 0.3 is 0 Å². The van der Waals surface area contributed by atoms with E-state index in [0.29, 0.717) is 31.2 Å². The minimum absolute atomic E-state index is 0.159. The number of carbonyl (C=O) groups excluding carboxylic acids is 1. The Hall–Kier alpha value is -2.13. The van der Waals surface area contributed by atoms with Crippen LogP contribution < -0.4 is 5.32 Å². The summed E-state index contributed by atoms with van der Waals surface area (Å²) in [5.74, 6) is 0.538. The second kappa shape index (κ2) is 6.87. The number of nitriles is 1. The van der Waals surface area contributed by atoms with Gasteiger partial charge in [-0.1, -0.05) is 13.0 Å². The standard InChI is InChI=1S/C14H18N4O2/c1-2-6-16-13-5-3-4-12(17-13)14(19)18-7-8-20-11(9-15)10-18/h3-5,11H,2,6-8,10H2,1H3,(H,16,17). The predicted molar refractivity (Wildman–Crippen MR) is 74.3 cm³/mol. The number of amides is 1. The van der Waals surface area contributed by atoms with Crippen molar-refractivity contribution in [3.8, 4) is 6.07 Å². The quantitative estimate of drug-likeness (QED) is 0.894. The van der Waals surface area contributed by atoms with Gasteiger partial charge in [0, 0.05) is 13.1 Å². The van der Waals surface area contributed by atoms with Gasteiger partial charge in [-0.3, -0.25) is 4.79 Å². The van der Waals surface area contributed by atoms with E-state index in [2.05, 4.69) is 17.2 Å². The molecule has 1 atom stereocenters. The molecule has 0 bridgehead atoms. The van der Waals surface area contributed by atoms with E-state index >= 15 is 0 Å². The molecule has 0 saturated carbocycles. The highest BCUT2D eigenvalue weighted by molar-refractivity contribution is 5.92. The minimum Gasteiger partial charge on any atom is -0.370 e. The Morgan fingerprint density at radius 1 is 1.65 bits per heavy atom. The van der Waals surface area contributed by atoms with E-state index in [1.807, 2.05) is 12.1 Å². The first kappa shape index (κ1) is 14.3. The van der Waals surface area contributed by atoms with Crippen LogP contribution in [0.1, 0.15) is 23.8 Å². The van der Waals surface area contributed by atoms with Crippen LogP contribution in [0.25, 0.3) is 0 Å². The van der Waals surface area contributed by atoms with Gasteiger partial charge < -0.3 is 15.0 Å². The summed E-state index contributed by atoms with van der Waals surface area (Å²) < 4.78 is 5.23. The van der Waals surface area contributed by atoms with Crippen LogP contribution in [0, 0.1) is 11.3 Å². The molecule has 1 aliphatic rings. The number of hydrogen-bond donors (Lipinski definition) is 1. The fourth-order valence-corrected chi connectivity index (χ4v) is 1.98. The number of aromatic nitrogens is 1. The largest absolute Gasteiger partial charge is 0.370 e. The van der Waals surface area contributed by atoms with Crippen molar-refractivity contribution in [1.82, 2.24) is 9.88 Å². The van der Waals surface area contributed by atoms with Crippen LogP contribution in [-0.4, -0.2) is 48.1 Å². The van der Waals surface area contributed by atoms with Crippen LogP contribution in [0.2, 0.25) is 0 Å². The van der Waals surface area contributed by atoms with Crippen molar-refractivity contribution in [3.63, 3.8) is 0 Å². The molecule has 1 aromatic heterocycles. The summed E-state index contributed by atoms with van der Waals surface area (Å²) in [6.45, 7) is 4.06. The number of hydrogen-bond acceptors (Lipinski definition) is 5. The lowest BCUT2D eigenvalue weighted by molar-refractivity contribution is 0.00321. The monoisotopic (exact) mass is 274 g/mol. The van der Waals surface area contributed by atoms with Gasteiger partial charge in [-0.25, -0.2) is 4.98 Å². The summed E-state index contributed by atoms with van der Waals surface area (Å²) >= 11 is 0. The molecule has 0 aliphatic carbocycles. The smallest absolute Gasteiger partial charge is 0.272 e. The fourth-order valence-electron chi connectivity index (χ4n) is 1.98. The first-order valence-electron chi connectivity index (χ1n) is 6.76. The van der Waals surface area contributed by atoms with Gasteiger partial charge in [-0.05, 0) is 18.6 Å². The minimum atomic E-state index is -0.547. The molecule has 1 aromatic rings. The lowest BCUT2D eigenvalue weighted by Gasteiger charge is -2.29. The van der Waals surface area contributed by atoms with E-state index in [1.165, 1.54) is 0 Å². The van der Waals surface area contributed by atoms with Gasteiger partial charge in [-0.15, -0.1) is 0 Å². The molecule has 2 heterocycles. The van der Waals surface area contributed by atoms with E-state index in [0.717, 1.165) is 13.0 Å². The van der Waals surface area contributed by atoms with Gasteiger partial charge in [0.05, 0.1) is 19.2 Å². The Kier molecular flexibility index (Phi) is 4.91. The number of rotatable bonds is 4. The molecule has 2 rings (SSSR count). The van der Waals surface area contributed by atoms with Crippen molar-refractivity contribution in [2.75, 3.05) is 31.6 Å². The molecule has 1 unspecified atom stereocenters. The van der Waals surface area contributed by atoms with Gasteiger partial charge in [0.15, 0.2) is 6.10 Å². The number of carbonyl (C=O) groups is 1. The summed E-state index contributed by atoms with van der Waals surface area (Å²) in [7, 11) is 0. The van der Waals surface area contributed by atoms with E-state index in [-0.39, 0.29) is 5.91 Å². The highest BCUT2D eigenvalue weighted by Gasteiger charge is 2.25. The number of nitrogens with one attached hydrogen (secondary N) is 1. The van der Waals surface area contributed by atoms with Gasteiger partial charge in [0.2, 0.25) is 0 Å². The van der Waals surface area contributed by atoms with E-state index < -0.39 is 6.10 Å². The summed E-state index contributed by atoms with van der Waals surface area (Å²) in [6.07, 6.45) is 0.446. The van der Waals surface area contributed by atoms with Gasteiger partial charge in [-0.2, -0.15) is 5.26 Å². The molecule has 0 aromatic carbocycles. The molecule has 1 N–H and O–H groups in total. The second-order valence-corrected chi connectivity index (χ2v) is 4.57. The second-order valence-electron chi connectivity index (χ2n) is 4.57. The van der Waals surface area contributed by atoms with Crippen molar-refractivity contribution < 1.29 is 9.53 Å². The maximum absolute atomic E-state index is 12.4. The van der Waals surface area contributed by atoms with E-state index in [9.17, 15) is 4.79 Å². The average molecular weight is 274 g/mol. The molecular weight excluding hydrogens is 256 g/mol. The highest BCUT2D eigenvalue weighted by Crippen LogP contribution is 2.11. The Morgan fingerprint density at radius 3 is 3.25 bits per heavy atom. The third-order valence-electron chi connectivity index (χ3n) is 3.02. The Balaban J connectivity index is 2.06. The number of anilines is 1. The zero-order chi connectivity index (χ0) is 14.4. The molecule has 1 amide bonds. The highest BCUT2D eigenvalue weighted by atomic mass is 16.5. The first-order chi connectivity index (χ1) is 9.74. The fraction of sp³-hybridized carbons (Fsp3) is 0.500. The van der Waals surface area contributed by atoms with Crippen molar-refractivity contribution in [3.05, 3.63) is 23.9 Å². The van der Waals surface area contributed by atoms with Crippen LogP contribution >= 0.6 is 0 Å². The van der Waals surface area contributed by atoms with Crippen LogP contribution in [0.3, 0.4) is 0 Å². The van der Waals surface area contributed by atoms with E-state index in [1.54, 1.807) is 17.0 Å². The zero-order valence-corrected chi connectivity index (χ0v) is 11.5. The normalized spacial score (nSPS) is 18.4. The lowest BCUT2D eigenvalue weighted by atomic mass is 10.2. The number of morpholine rings is 1. The molecule has 0 radical (unpaired) electrons. The molecule has 1 fully saturated rings. The molecule has 6 nitrogen and oxygen atoms in total. The summed E-state index contributed by atoms with van der Waals surface area (Å²) in [5.41, 5.74) is 0.393. The maximum Gasteiger partial charge on any atom is 0.272 e. The molecule has 1 aliphatic heterocycles. The first-order valence-corrected chi connectivity index (χ1v) is 6.76. The summed E-state index contributed by atoms with van der Waals surface area (Å²) in [5, 5.41) is 12.0. The Labute approximate surface area is 118 Å². The lowest BCUT2D eigenvalue weighted by Crippen LogP contribution is -2.45. The third-order valence-corrected chi connectivity index (χ3v) is 3.02. The van der Waals surface area contributed by atoms with Crippen molar-refractivity contribution in [1.29, 1.82) is 5.26 Å². The van der Waals surface area contributed by atoms with Crippen LogP contribution in [0.15, 0.2) is 18.2 Å². The summed E-state index contributed by atoms with van der Waals surface area (Å²) in [4.78, 5) is 18.3. The molecule has 0 spiro atoms. The summed E-state index contributed by atoms with van der Waals surface area (Å²) in [6, 6.07) is 7.36. The maximum atomic E-state index is 12.4. The van der Waals surface area contributed by atoms with Crippen molar-refractivity contribution >= 4 is 11.7 Å². The third kappa shape index (κ3) is 3.45. The van der Waals surface area contributed by atoms with Gasteiger partial charge in [0.1, 0.15) is 11.5 Å². The zero-order valence-electron chi connectivity index (χ0n) is 11.5. The predicted octanol–water partition coefficient (Wildman–Crippen LogP) is 1.27. The van der Waals surface area contributed by atoms with Crippen molar-refractivity contribution in [2.24, 2.45) is 0 Å². The van der Waals surface area contributed by atoms with Crippen LogP contribution in [-0.2, 0) is 4.74 Å². The Bertz CT molecular complexity index is 512. The molecule has 106 valence electrons. The number of pyridine rings is 1. The molecule has 20 heavy (non-hydrogen) atoms. The molecule has 1 saturated heterocycles. The molecular formula is C14H18N4O2. The van der Waals surface area contributed by atoms with Gasteiger partial charge in [0.25, 0.3) is 5.91 Å². The van der Waals surface area contributed by atoms with Crippen molar-refractivity contribution in [2.45, 2.75) is 19.4 Å². The number of ether oxygens (including phenoxy) is 1.